The fraction of sp³-hybridized carbons (Fsp3) is 0.125. The molecule has 0 saturated carbocycles. The maximum absolute atomic E-state index is 11.1. The molecule has 0 spiro atoms. The molecule has 0 bridgehead atoms. The Bertz CT molecular complexity index is 1060. The van der Waals surface area contributed by atoms with Gasteiger partial charge in [-0.05, 0) is 32.7 Å². The van der Waals surface area contributed by atoms with Crippen molar-refractivity contribution in [3.05, 3.63) is 96.1 Å². The largest absolute Gasteiger partial charge is 0.469 e. The first-order chi connectivity index (χ1) is 13.2. The molecular formula is C24H21BrO2. The minimum absolute atomic E-state index is 0.203. The fourth-order valence-electron chi connectivity index (χ4n) is 2.91. The van der Waals surface area contributed by atoms with Gasteiger partial charge in [0.05, 0.1) is 13.5 Å². The molecule has 0 saturated heterocycles. The SMILES string of the molecule is BrCc1ccc2ccccc2c1.COC(=O)Cc1ccc2ccccc2c1. The van der Waals surface area contributed by atoms with Crippen LogP contribution in [0.1, 0.15) is 11.1 Å². The summed E-state index contributed by atoms with van der Waals surface area (Å²) < 4.78 is 4.63. The van der Waals surface area contributed by atoms with Crippen molar-refractivity contribution in [3.63, 3.8) is 0 Å². The number of ether oxygens (including phenoxy) is 1. The summed E-state index contributed by atoms with van der Waals surface area (Å²) in [7, 11) is 1.41. The second-order valence-corrected chi connectivity index (χ2v) is 6.81. The van der Waals surface area contributed by atoms with Crippen molar-refractivity contribution < 1.29 is 9.53 Å². The summed E-state index contributed by atoms with van der Waals surface area (Å²) >= 11 is 3.44. The normalized spacial score (nSPS) is 10.3. The quantitative estimate of drug-likeness (QED) is 0.287. The molecule has 0 radical (unpaired) electrons. The molecule has 3 heteroatoms. The van der Waals surface area contributed by atoms with E-state index in [2.05, 4.69) is 69.2 Å². The highest BCUT2D eigenvalue weighted by atomic mass is 79.9. The first-order valence-corrected chi connectivity index (χ1v) is 9.90. The van der Waals surface area contributed by atoms with E-state index < -0.39 is 0 Å². The first-order valence-electron chi connectivity index (χ1n) is 8.78. The minimum Gasteiger partial charge on any atom is -0.469 e. The van der Waals surface area contributed by atoms with E-state index in [0.29, 0.717) is 6.42 Å². The van der Waals surface area contributed by atoms with Crippen molar-refractivity contribution in [1.82, 2.24) is 0 Å². The summed E-state index contributed by atoms with van der Waals surface area (Å²) in [5.74, 6) is -0.203. The topological polar surface area (TPSA) is 26.3 Å². The van der Waals surface area contributed by atoms with Crippen LogP contribution in [0.5, 0.6) is 0 Å². The third-order valence-corrected chi connectivity index (χ3v) is 5.01. The summed E-state index contributed by atoms with van der Waals surface area (Å²) in [5, 5.41) is 5.89. The van der Waals surface area contributed by atoms with Crippen molar-refractivity contribution >= 4 is 43.4 Å². The molecule has 0 amide bonds. The zero-order valence-corrected chi connectivity index (χ0v) is 16.8. The minimum atomic E-state index is -0.203. The van der Waals surface area contributed by atoms with Gasteiger partial charge in [0.1, 0.15) is 0 Å². The maximum Gasteiger partial charge on any atom is 0.309 e. The van der Waals surface area contributed by atoms with Crippen LogP contribution in [0.2, 0.25) is 0 Å². The number of fused-ring (bicyclic) bond motifs is 2. The molecular weight excluding hydrogens is 400 g/mol. The predicted molar refractivity (Wildman–Crippen MR) is 116 cm³/mol. The molecule has 0 aliphatic rings. The highest BCUT2D eigenvalue weighted by molar-refractivity contribution is 9.08. The number of rotatable bonds is 3. The van der Waals surface area contributed by atoms with Crippen LogP contribution >= 0.6 is 15.9 Å². The molecule has 4 rings (SSSR count). The van der Waals surface area contributed by atoms with Gasteiger partial charge >= 0.3 is 5.97 Å². The number of carbonyl (C=O) groups is 1. The van der Waals surface area contributed by atoms with Gasteiger partial charge in [0.15, 0.2) is 0 Å². The lowest BCUT2D eigenvalue weighted by atomic mass is 10.1. The first kappa shape index (κ1) is 19.1. The molecule has 2 nitrogen and oxygen atoms in total. The van der Waals surface area contributed by atoms with E-state index in [4.69, 9.17) is 0 Å². The highest BCUT2D eigenvalue weighted by Crippen LogP contribution is 2.17. The van der Waals surface area contributed by atoms with Crippen LogP contribution in [0.25, 0.3) is 21.5 Å². The molecule has 0 atom stereocenters. The Morgan fingerprint density at radius 3 is 1.74 bits per heavy atom. The third kappa shape index (κ3) is 5.18. The molecule has 4 aromatic carbocycles. The summed E-state index contributed by atoms with van der Waals surface area (Å²) in [6.07, 6.45) is 0.335. The van der Waals surface area contributed by atoms with Gasteiger partial charge in [0, 0.05) is 5.33 Å². The zero-order chi connectivity index (χ0) is 19.1. The number of methoxy groups -OCH3 is 1. The molecule has 27 heavy (non-hydrogen) atoms. The van der Waals surface area contributed by atoms with Crippen LogP contribution in [-0.2, 0) is 21.3 Å². The van der Waals surface area contributed by atoms with Crippen molar-refractivity contribution in [3.8, 4) is 0 Å². The van der Waals surface area contributed by atoms with E-state index in [9.17, 15) is 4.79 Å². The second kappa shape index (κ2) is 9.33. The number of benzene rings is 4. The van der Waals surface area contributed by atoms with E-state index in [-0.39, 0.29) is 5.97 Å². The lowest BCUT2D eigenvalue weighted by Gasteiger charge is -2.02. The molecule has 0 aromatic heterocycles. The summed E-state index contributed by atoms with van der Waals surface area (Å²) in [6.45, 7) is 0. The Morgan fingerprint density at radius 1 is 0.741 bits per heavy atom. The van der Waals surface area contributed by atoms with Crippen molar-refractivity contribution in [2.24, 2.45) is 0 Å². The molecule has 136 valence electrons. The number of esters is 1. The van der Waals surface area contributed by atoms with Gasteiger partial charge in [0.2, 0.25) is 0 Å². The lowest BCUT2D eigenvalue weighted by molar-refractivity contribution is -0.139. The van der Waals surface area contributed by atoms with Crippen molar-refractivity contribution in [2.75, 3.05) is 7.11 Å². The van der Waals surface area contributed by atoms with Crippen LogP contribution < -0.4 is 0 Å². The van der Waals surface area contributed by atoms with E-state index in [1.54, 1.807) is 0 Å². The average molecular weight is 421 g/mol. The number of alkyl halides is 1. The van der Waals surface area contributed by atoms with E-state index in [1.165, 1.54) is 28.8 Å². The number of halogens is 1. The summed E-state index contributed by atoms with van der Waals surface area (Å²) in [5.41, 5.74) is 2.31. The Balaban J connectivity index is 0.000000159. The zero-order valence-electron chi connectivity index (χ0n) is 15.2. The van der Waals surface area contributed by atoms with Crippen LogP contribution in [0, 0.1) is 0 Å². The molecule has 0 fully saturated rings. The van der Waals surface area contributed by atoms with Crippen LogP contribution in [-0.4, -0.2) is 13.1 Å². The summed E-state index contributed by atoms with van der Waals surface area (Å²) in [4.78, 5) is 11.1. The van der Waals surface area contributed by atoms with Gasteiger partial charge < -0.3 is 4.74 Å². The molecule has 0 N–H and O–H groups in total. The van der Waals surface area contributed by atoms with Gasteiger partial charge in [-0.2, -0.15) is 0 Å². The number of hydrogen-bond donors (Lipinski definition) is 0. The van der Waals surface area contributed by atoms with Crippen LogP contribution in [0.4, 0.5) is 0 Å². The second-order valence-electron chi connectivity index (χ2n) is 6.25. The van der Waals surface area contributed by atoms with E-state index in [0.717, 1.165) is 16.3 Å². The van der Waals surface area contributed by atoms with Crippen molar-refractivity contribution in [2.45, 2.75) is 11.8 Å². The van der Waals surface area contributed by atoms with E-state index in [1.807, 2.05) is 36.4 Å². The predicted octanol–water partition coefficient (Wildman–Crippen LogP) is 6.29. The molecule has 0 aliphatic carbocycles. The van der Waals surface area contributed by atoms with Gasteiger partial charge in [0.25, 0.3) is 0 Å². The standard InChI is InChI=1S/C13H12O2.C11H9Br/c1-15-13(14)9-10-6-7-11-4-2-3-5-12(11)8-10;12-8-9-5-6-10-3-1-2-4-11(10)7-9/h2-8H,9H2,1H3;1-7H,8H2. The molecule has 0 aliphatic heterocycles. The maximum atomic E-state index is 11.1. The monoisotopic (exact) mass is 420 g/mol. The van der Waals surface area contributed by atoms with Crippen LogP contribution in [0.15, 0.2) is 84.9 Å². The van der Waals surface area contributed by atoms with Gasteiger partial charge in [-0.25, -0.2) is 0 Å². The molecule has 0 unspecified atom stereocenters. The Labute approximate surface area is 167 Å². The Hall–Kier alpha value is -2.65. The van der Waals surface area contributed by atoms with Crippen LogP contribution in [0.3, 0.4) is 0 Å². The Kier molecular flexibility index (Phi) is 6.61. The number of hydrogen-bond acceptors (Lipinski definition) is 2. The highest BCUT2D eigenvalue weighted by Gasteiger charge is 2.03. The van der Waals surface area contributed by atoms with Gasteiger partial charge in [-0.1, -0.05) is 101 Å². The van der Waals surface area contributed by atoms with Gasteiger partial charge in [-0.15, -0.1) is 0 Å². The lowest BCUT2D eigenvalue weighted by Crippen LogP contribution is -2.04. The molecule has 4 aromatic rings. The average Bonchev–Trinajstić information content (AvgIpc) is 2.73. The van der Waals surface area contributed by atoms with E-state index >= 15 is 0 Å². The number of carbonyl (C=O) groups excluding carboxylic acids is 1. The Morgan fingerprint density at radius 2 is 1.22 bits per heavy atom. The summed E-state index contributed by atoms with van der Waals surface area (Å²) in [6, 6.07) is 29.0. The van der Waals surface area contributed by atoms with Gasteiger partial charge in [-0.3, -0.25) is 4.79 Å². The third-order valence-electron chi connectivity index (χ3n) is 4.36. The fourth-order valence-corrected chi connectivity index (χ4v) is 3.26. The smallest absolute Gasteiger partial charge is 0.309 e. The molecule has 0 heterocycles. The van der Waals surface area contributed by atoms with Crippen molar-refractivity contribution in [1.29, 1.82) is 0 Å².